The van der Waals surface area contributed by atoms with E-state index in [2.05, 4.69) is 6.92 Å². The molecule has 1 amide bonds. The number of primary amides is 1. The van der Waals surface area contributed by atoms with Gasteiger partial charge >= 0.3 is 0 Å². The van der Waals surface area contributed by atoms with Crippen molar-refractivity contribution in [3.05, 3.63) is 23.8 Å². The fraction of sp³-hybridized carbons (Fsp3) is 0.500. The molecule has 0 radical (unpaired) electrons. The van der Waals surface area contributed by atoms with Gasteiger partial charge in [0.2, 0.25) is 0 Å². The van der Waals surface area contributed by atoms with Gasteiger partial charge in [0.25, 0.3) is 5.91 Å². The standard InChI is InChI=1S/C14H20N2O2/c1-9-5-2-3-8-12(9)18-13-10(14(16)17)6-4-7-11(13)15/h4,6-7,9,12H,2-3,5,8,15H2,1H3,(H2,16,17). The molecule has 2 unspecified atom stereocenters. The van der Waals surface area contributed by atoms with Crippen LogP contribution in [0.1, 0.15) is 43.0 Å². The van der Waals surface area contributed by atoms with Gasteiger partial charge < -0.3 is 16.2 Å². The largest absolute Gasteiger partial charge is 0.487 e. The number of para-hydroxylation sites is 1. The highest BCUT2D eigenvalue weighted by atomic mass is 16.5. The van der Waals surface area contributed by atoms with E-state index >= 15 is 0 Å². The number of anilines is 1. The first-order valence-electron chi connectivity index (χ1n) is 6.44. The van der Waals surface area contributed by atoms with Gasteiger partial charge in [-0.25, -0.2) is 0 Å². The smallest absolute Gasteiger partial charge is 0.252 e. The summed E-state index contributed by atoms with van der Waals surface area (Å²) in [6, 6.07) is 5.10. The zero-order valence-electron chi connectivity index (χ0n) is 10.7. The van der Waals surface area contributed by atoms with E-state index in [1.165, 1.54) is 6.42 Å². The Labute approximate surface area is 107 Å². The number of nitrogen functional groups attached to an aromatic ring is 1. The van der Waals surface area contributed by atoms with E-state index in [9.17, 15) is 4.79 Å². The van der Waals surface area contributed by atoms with Crippen LogP contribution in [0.4, 0.5) is 5.69 Å². The Balaban J connectivity index is 2.24. The lowest BCUT2D eigenvalue weighted by molar-refractivity contribution is 0.0937. The van der Waals surface area contributed by atoms with Crippen LogP contribution in [0.3, 0.4) is 0 Å². The summed E-state index contributed by atoms with van der Waals surface area (Å²) in [5.74, 6) is 0.434. The van der Waals surface area contributed by atoms with E-state index in [4.69, 9.17) is 16.2 Å². The number of nitrogens with two attached hydrogens (primary N) is 2. The maximum atomic E-state index is 11.4. The van der Waals surface area contributed by atoms with Crippen LogP contribution in [-0.4, -0.2) is 12.0 Å². The second kappa shape index (κ2) is 5.29. The van der Waals surface area contributed by atoms with Crippen LogP contribution in [0, 0.1) is 5.92 Å². The molecule has 0 saturated heterocycles. The van der Waals surface area contributed by atoms with Gasteiger partial charge in [-0.3, -0.25) is 4.79 Å². The fourth-order valence-electron chi connectivity index (χ4n) is 2.49. The lowest BCUT2D eigenvalue weighted by Crippen LogP contribution is -2.29. The van der Waals surface area contributed by atoms with Crippen molar-refractivity contribution >= 4 is 11.6 Å². The van der Waals surface area contributed by atoms with Crippen molar-refractivity contribution in [3.8, 4) is 5.75 Å². The van der Waals surface area contributed by atoms with E-state index in [0.717, 1.165) is 19.3 Å². The van der Waals surface area contributed by atoms with E-state index < -0.39 is 5.91 Å². The summed E-state index contributed by atoms with van der Waals surface area (Å²) in [6.45, 7) is 2.17. The third-order valence-corrected chi connectivity index (χ3v) is 3.61. The van der Waals surface area contributed by atoms with Gasteiger partial charge in [0.15, 0.2) is 5.75 Å². The predicted octanol–water partition coefficient (Wildman–Crippen LogP) is 2.33. The molecule has 18 heavy (non-hydrogen) atoms. The van der Waals surface area contributed by atoms with Gasteiger partial charge in [-0.2, -0.15) is 0 Å². The SMILES string of the molecule is CC1CCCCC1Oc1c(N)cccc1C(N)=O. The highest BCUT2D eigenvalue weighted by Gasteiger charge is 2.25. The summed E-state index contributed by atoms with van der Waals surface area (Å²) in [5, 5.41) is 0. The topological polar surface area (TPSA) is 78.3 Å². The molecule has 2 rings (SSSR count). The lowest BCUT2D eigenvalue weighted by Gasteiger charge is -2.30. The van der Waals surface area contributed by atoms with Gasteiger partial charge in [-0.1, -0.05) is 19.4 Å². The van der Waals surface area contributed by atoms with Crippen molar-refractivity contribution < 1.29 is 9.53 Å². The van der Waals surface area contributed by atoms with E-state index in [0.29, 0.717) is 22.9 Å². The van der Waals surface area contributed by atoms with Crippen LogP contribution in [0.15, 0.2) is 18.2 Å². The summed E-state index contributed by atoms with van der Waals surface area (Å²) < 4.78 is 5.96. The Morgan fingerprint density at radius 1 is 1.33 bits per heavy atom. The third kappa shape index (κ3) is 2.58. The number of amides is 1. The molecule has 2 atom stereocenters. The van der Waals surface area contributed by atoms with Crippen molar-refractivity contribution in [3.63, 3.8) is 0 Å². The summed E-state index contributed by atoms with van der Waals surface area (Å²) in [7, 11) is 0. The second-order valence-electron chi connectivity index (χ2n) is 5.01. The lowest BCUT2D eigenvalue weighted by atomic mass is 9.88. The number of ether oxygens (including phenoxy) is 1. The first-order chi connectivity index (χ1) is 8.59. The summed E-state index contributed by atoms with van der Waals surface area (Å²) in [4.78, 5) is 11.4. The van der Waals surface area contributed by atoms with E-state index in [1.54, 1.807) is 18.2 Å². The molecule has 4 heteroatoms. The second-order valence-corrected chi connectivity index (χ2v) is 5.01. The third-order valence-electron chi connectivity index (χ3n) is 3.61. The molecule has 1 fully saturated rings. The number of hydrogen-bond donors (Lipinski definition) is 2. The highest BCUT2D eigenvalue weighted by molar-refractivity contribution is 5.97. The maximum absolute atomic E-state index is 11.4. The Morgan fingerprint density at radius 2 is 2.06 bits per heavy atom. The monoisotopic (exact) mass is 248 g/mol. The van der Waals surface area contributed by atoms with Gasteiger partial charge in [0, 0.05) is 0 Å². The zero-order chi connectivity index (χ0) is 13.1. The summed E-state index contributed by atoms with van der Waals surface area (Å²) in [6.07, 6.45) is 4.69. The van der Waals surface area contributed by atoms with Gasteiger partial charge in [0.1, 0.15) is 6.10 Å². The molecule has 0 aliphatic heterocycles. The number of hydrogen-bond acceptors (Lipinski definition) is 3. The van der Waals surface area contributed by atoms with Gasteiger partial charge in [-0.15, -0.1) is 0 Å². The molecule has 0 aromatic heterocycles. The first-order valence-corrected chi connectivity index (χ1v) is 6.44. The predicted molar refractivity (Wildman–Crippen MR) is 71.4 cm³/mol. The molecule has 1 aromatic carbocycles. The van der Waals surface area contributed by atoms with Crippen molar-refractivity contribution in [1.82, 2.24) is 0 Å². The molecule has 98 valence electrons. The molecule has 1 aromatic rings. The minimum atomic E-state index is -0.499. The molecule has 0 spiro atoms. The Bertz CT molecular complexity index is 445. The Hall–Kier alpha value is -1.71. The molecule has 1 aliphatic rings. The minimum absolute atomic E-state index is 0.126. The van der Waals surface area contributed by atoms with Gasteiger partial charge in [0.05, 0.1) is 11.3 Å². The number of benzene rings is 1. The molecular weight excluding hydrogens is 228 g/mol. The van der Waals surface area contributed by atoms with Crippen LogP contribution in [0.5, 0.6) is 5.75 Å². The quantitative estimate of drug-likeness (QED) is 0.806. The first kappa shape index (κ1) is 12.7. The van der Waals surface area contributed by atoms with Crippen molar-refractivity contribution in [2.45, 2.75) is 38.7 Å². The van der Waals surface area contributed by atoms with Crippen molar-refractivity contribution in [1.29, 1.82) is 0 Å². The highest BCUT2D eigenvalue weighted by Crippen LogP contribution is 2.33. The summed E-state index contributed by atoms with van der Waals surface area (Å²) >= 11 is 0. The molecule has 0 bridgehead atoms. The molecule has 1 saturated carbocycles. The normalized spacial score (nSPS) is 23.6. The zero-order valence-corrected chi connectivity index (χ0v) is 10.7. The van der Waals surface area contributed by atoms with Crippen LogP contribution in [0.2, 0.25) is 0 Å². The van der Waals surface area contributed by atoms with Crippen LogP contribution >= 0.6 is 0 Å². The van der Waals surface area contributed by atoms with E-state index in [1.807, 2.05) is 0 Å². The molecule has 4 N–H and O–H groups in total. The van der Waals surface area contributed by atoms with Crippen LogP contribution < -0.4 is 16.2 Å². The van der Waals surface area contributed by atoms with Gasteiger partial charge in [-0.05, 0) is 37.3 Å². The van der Waals surface area contributed by atoms with Crippen LogP contribution in [0.25, 0.3) is 0 Å². The minimum Gasteiger partial charge on any atom is -0.487 e. The molecule has 1 aliphatic carbocycles. The Morgan fingerprint density at radius 3 is 2.72 bits per heavy atom. The van der Waals surface area contributed by atoms with Crippen molar-refractivity contribution in [2.75, 3.05) is 5.73 Å². The van der Waals surface area contributed by atoms with E-state index in [-0.39, 0.29) is 6.10 Å². The maximum Gasteiger partial charge on any atom is 0.252 e. The average molecular weight is 248 g/mol. The Kier molecular flexibility index (Phi) is 3.75. The number of rotatable bonds is 3. The summed E-state index contributed by atoms with van der Waals surface area (Å²) in [5.41, 5.74) is 12.1. The number of carbonyl (C=O) groups is 1. The molecule has 0 heterocycles. The number of carbonyl (C=O) groups excluding carboxylic acids is 1. The average Bonchev–Trinajstić information content (AvgIpc) is 2.34. The van der Waals surface area contributed by atoms with Crippen molar-refractivity contribution in [2.24, 2.45) is 11.7 Å². The molecular formula is C14H20N2O2. The fourth-order valence-corrected chi connectivity index (χ4v) is 2.49. The molecule has 4 nitrogen and oxygen atoms in total. The van der Waals surface area contributed by atoms with Crippen LogP contribution in [-0.2, 0) is 0 Å².